The van der Waals surface area contributed by atoms with Crippen molar-refractivity contribution in [1.29, 1.82) is 0 Å². The van der Waals surface area contributed by atoms with E-state index in [0.29, 0.717) is 23.9 Å². The van der Waals surface area contributed by atoms with Crippen LogP contribution in [0.25, 0.3) is 11.5 Å². The van der Waals surface area contributed by atoms with E-state index in [9.17, 15) is 4.39 Å². The molecule has 2 rings (SSSR count). The summed E-state index contributed by atoms with van der Waals surface area (Å²) in [5.74, 6) is 0.807. The summed E-state index contributed by atoms with van der Waals surface area (Å²) in [7, 11) is 0. The van der Waals surface area contributed by atoms with Crippen molar-refractivity contribution in [1.82, 2.24) is 15.5 Å². The van der Waals surface area contributed by atoms with Crippen LogP contribution in [0.15, 0.2) is 29.0 Å². The topological polar surface area (TPSA) is 51.0 Å². The van der Waals surface area contributed by atoms with Crippen LogP contribution in [0.3, 0.4) is 0 Å². The van der Waals surface area contributed by atoms with Crippen LogP contribution >= 0.6 is 0 Å². The lowest BCUT2D eigenvalue weighted by molar-refractivity contribution is 0.429. The Labute approximate surface area is 105 Å². The van der Waals surface area contributed by atoms with Crippen LogP contribution in [0.5, 0.6) is 0 Å². The largest absolute Gasteiger partial charge is 0.354 e. The van der Waals surface area contributed by atoms with Gasteiger partial charge in [0, 0.05) is 12.1 Å². The van der Waals surface area contributed by atoms with Gasteiger partial charge in [-0.25, -0.2) is 9.37 Å². The second-order valence-electron chi connectivity index (χ2n) is 4.57. The predicted molar refractivity (Wildman–Crippen MR) is 66.2 cm³/mol. The summed E-state index contributed by atoms with van der Waals surface area (Å²) in [5, 5.41) is 7.08. The number of hydrogen-bond donors (Lipinski definition) is 1. The number of nitrogens with one attached hydrogen (secondary N) is 1. The van der Waals surface area contributed by atoms with Gasteiger partial charge >= 0.3 is 0 Å². The minimum Gasteiger partial charge on any atom is -0.354 e. The van der Waals surface area contributed by atoms with Crippen LogP contribution in [0.1, 0.15) is 19.4 Å². The Bertz CT molecular complexity index is 493. The van der Waals surface area contributed by atoms with Gasteiger partial charge in [-0.05, 0) is 24.6 Å². The van der Waals surface area contributed by atoms with Crippen molar-refractivity contribution in [2.45, 2.75) is 20.4 Å². The summed E-state index contributed by atoms with van der Waals surface area (Å²) < 4.78 is 18.0. The highest BCUT2D eigenvalue weighted by Gasteiger charge is 2.11. The molecule has 18 heavy (non-hydrogen) atoms. The molecule has 5 heteroatoms. The van der Waals surface area contributed by atoms with Gasteiger partial charge in [0.05, 0.1) is 12.4 Å². The third-order valence-electron chi connectivity index (χ3n) is 2.47. The number of nitrogens with zero attached hydrogens (tertiary/aromatic N) is 2. The van der Waals surface area contributed by atoms with E-state index in [1.807, 2.05) is 0 Å². The van der Waals surface area contributed by atoms with E-state index in [0.717, 1.165) is 12.1 Å². The molecular weight excluding hydrogens is 233 g/mol. The standard InChI is InChI=1S/C13H16FN3O/c1-9(2)5-15-6-10-7-17-18-13(10)12-4-3-11(14)8-16-12/h3-4,7-9,15H,5-6H2,1-2H3. The number of aromatic nitrogens is 2. The summed E-state index contributed by atoms with van der Waals surface area (Å²) in [6, 6.07) is 2.94. The van der Waals surface area contributed by atoms with Gasteiger partial charge in [0.25, 0.3) is 0 Å². The molecule has 0 radical (unpaired) electrons. The molecule has 0 aliphatic heterocycles. The van der Waals surface area contributed by atoms with Gasteiger partial charge in [-0.3, -0.25) is 0 Å². The summed E-state index contributed by atoms with van der Waals surface area (Å²) in [6.45, 7) is 5.86. The van der Waals surface area contributed by atoms with Crippen molar-refractivity contribution < 1.29 is 8.91 Å². The highest BCUT2D eigenvalue weighted by atomic mass is 19.1. The maximum absolute atomic E-state index is 12.8. The molecule has 0 aliphatic carbocycles. The molecular formula is C13H16FN3O. The van der Waals surface area contributed by atoms with E-state index in [-0.39, 0.29) is 5.82 Å². The zero-order valence-corrected chi connectivity index (χ0v) is 10.5. The van der Waals surface area contributed by atoms with E-state index in [1.165, 1.54) is 12.3 Å². The third-order valence-corrected chi connectivity index (χ3v) is 2.47. The van der Waals surface area contributed by atoms with Gasteiger partial charge in [-0.1, -0.05) is 19.0 Å². The van der Waals surface area contributed by atoms with Gasteiger partial charge in [-0.15, -0.1) is 0 Å². The average Bonchev–Trinajstić information content (AvgIpc) is 2.78. The Hall–Kier alpha value is -1.75. The van der Waals surface area contributed by atoms with Crippen molar-refractivity contribution in [3.8, 4) is 11.5 Å². The van der Waals surface area contributed by atoms with Crippen LogP contribution in [-0.4, -0.2) is 16.7 Å². The van der Waals surface area contributed by atoms with Crippen molar-refractivity contribution in [2.24, 2.45) is 5.92 Å². The molecule has 0 spiro atoms. The maximum atomic E-state index is 12.8. The van der Waals surface area contributed by atoms with E-state index < -0.39 is 0 Å². The SMILES string of the molecule is CC(C)CNCc1cnoc1-c1ccc(F)cn1. The van der Waals surface area contributed by atoms with Crippen LogP contribution in [0, 0.1) is 11.7 Å². The maximum Gasteiger partial charge on any atom is 0.189 e. The summed E-state index contributed by atoms with van der Waals surface area (Å²) in [5.41, 5.74) is 1.52. The Morgan fingerprint density at radius 1 is 1.33 bits per heavy atom. The molecule has 0 aliphatic rings. The second kappa shape index (κ2) is 5.73. The van der Waals surface area contributed by atoms with Crippen molar-refractivity contribution in [3.63, 3.8) is 0 Å². The molecule has 2 aromatic heterocycles. The van der Waals surface area contributed by atoms with Crippen LogP contribution in [0.2, 0.25) is 0 Å². The third kappa shape index (κ3) is 3.13. The minimum atomic E-state index is -0.363. The zero-order chi connectivity index (χ0) is 13.0. The quantitative estimate of drug-likeness (QED) is 0.885. The lowest BCUT2D eigenvalue weighted by Gasteiger charge is -2.06. The average molecular weight is 249 g/mol. The highest BCUT2D eigenvalue weighted by molar-refractivity contribution is 5.55. The van der Waals surface area contributed by atoms with Gasteiger partial charge in [0.15, 0.2) is 5.76 Å². The fourth-order valence-electron chi connectivity index (χ4n) is 1.60. The van der Waals surface area contributed by atoms with Crippen LogP contribution in [-0.2, 0) is 6.54 Å². The van der Waals surface area contributed by atoms with Crippen LogP contribution in [0.4, 0.5) is 4.39 Å². The molecule has 2 heterocycles. The first-order valence-electron chi connectivity index (χ1n) is 5.93. The van der Waals surface area contributed by atoms with Gasteiger partial charge in [0.2, 0.25) is 0 Å². The second-order valence-corrected chi connectivity index (χ2v) is 4.57. The first-order valence-corrected chi connectivity index (χ1v) is 5.93. The van der Waals surface area contributed by atoms with E-state index in [1.54, 1.807) is 12.3 Å². The van der Waals surface area contributed by atoms with E-state index in [2.05, 4.69) is 29.3 Å². The molecule has 0 bridgehead atoms. The van der Waals surface area contributed by atoms with Gasteiger partial charge in [-0.2, -0.15) is 0 Å². The molecule has 4 nitrogen and oxygen atoms in total. The molecule has 0 saturated heterocycles. The van der Waals surface area contributed by atoms with Crippen LogP contribution < -0.4 is 5.32 Å². The first-order chi connectivity index (χ1) is 8.66. The highest BCUT2D eigenvalue weighted by Crippen LogP contribution is 2.21. The van der Waals surface area contributed by atoms with Crippen molar-refractivity contribution >= 4 is 0 Å². The molecule has 2 aromatic rings. The Morgan fingerprint density at radius 3 is 2.83 bits per heavy atom. The lowest BCUT2D eigenvalue weighted by Crippen LogP contribution is -2.19. The molecule has 1 N–H and O–H groups in total. The summed E-state index contributed by atoms with van der Waals surface area (Å²) >= 11 is 0. The molecule has 0 fully saturated rings. The molecule has 0 amide bonds. The Morgan fingerprint density at radius 2 is 2.17 bits per heavy atom. The van der Waals surface area contributed by atoms with Crippen molar-refractivity contribution in [3.05, 3.63) is 35.9 Å². The monoisotopic (exact) mass is 249 g/mol. The molecule has 96 valence electrons. The lowest BCUT2D eigenvalue weighted by atomic mass is 10.2. The summed E-state index contributed by atoms with van der Waals surface area (Å²) in [4.78, 5) is 3.99. The Kier molecular flexibility index (Phi) is 4.04. The van der Waals surface area contributed by atoms with Crippen molar-refractivity contribution in [2.75, 3.05) is 6.54 Å². The zero-order valence-electron chi connectivity index (χ0n) is 10.5. The number of pyridine rings is 1. The number of hydrogen-bond acceptors (Lipinski definition) is 4. The fourth-order valence-corrected chi connectivity index (χ4v) is 1.60. The molecule has 0 saturated carbocycles. The molecule has 0 aromatic carbocycles. The molecule has 0 unspecified atom stereocenters. The van der Waals surface area contributed by atoms with Gasteiger partial charge < -0.3 is 9.84 Å². The number of rotatable bonds is 5. The smallest absolute Gasteiger partial charge is 0.189 e. The van der Waals surface area contributed by atoms with E-state index >= 15 is 0 Å². The molecule has 0 atom stereocenters. The number of halogens is 1. The van der Waals surface area contributed by atoms with Gasteiger partial charge in [0.1, 0.15) is 11.5 Å². The normalized spacial score (nSPS) is 11.1. The minimum absolute atomic E-state index is 0.363. The Balaban J connectivity index is 2.10. The predicted octanol–water partition coefficient (Wildman–Crippen LogP) is 2.62. The fraction of sp³-hybridized carbons (Fsp3) is 0.385. The van der Waals surface area contributed by atoms with E-state index in [4.69, 9.17) is 4.52 Å². The summed E-state index contributed by atoms with van der Waals surface area (Å²) in [6.07, 6.45) is 2.83. The first kappa shape index (κ1) is 12.7.